The van der Waals surface area contributed by atoms with Gasteiger partial charge in [0.1, 0.15) is 11.9 Å². The van der Waals surface area contributed by atoms with Crippen LogP contribution in [0.25, 0.3) is 0 Å². The number of hydrogen-bond donors (Lipinski definition) is 0. The number of aromatic nitrogens is 1. The number of hydrogen-bond acceptors (Lipinski definition) is 3. The molecule has 0 aliphatic carbocycles. The molecule has 0 aliphatic rings. The van der Waals surface area contributed by atoms with Crippen LogP contribution in [0.15, 0.2) is 47.3 Å². The molecule has 12 heavy (non-hydrogen) atoms. The molecule has 1 aromatic heterocycles. The van der Waals surface area contributed by atoms with Crippen molar-refractivity contribution in [2.24, 2.45) is 0 Å². The molecule has 0 radical (unpaired) electrons. The molecule has 0 fully saturated rings. The highest BCUT2D eigenvalue weighted by Crippen LogP contribution is 2.19. The summed E-state index contributed by atoms with van der Waals surface area (Å²) in [5.74, 6) is 1.39. The van der Waals surface area contributed by atoms with Crippen LogP contribution in [0.3, 0.4) is 0 Å². The van der Waals surface area contributed by atoms with Crippen molar-refractivity contribution in [2.75, 3.05) is 0 Å². The SMILES string of the molecule is c1ccc(Oc2cnoc2)cc1. The Morgan fingerprint density at radius 3 is 2.58 bits per heavy atom. The first-order valence-electron chi connectivity index (χ1n) is 3.57. The number of benzene rings is 1. The fraction of sp³-hybridized carbons (Fsp3) is 0. The van der Waals surface area contributed by atoms with Gasteiger partial charge < -0.3 is 9.26 Å². The fourth-order valence-corrected chi connectivity index (χ4v) is 0.870. The summed E-state index contributed by atoms with van der Waals surface area (Å²) in [4.78, 5) is 0. The van der Waals surface area contributed by atoms with Crippen LogP contribution in [-0.4, -0.2) is 5.16 Å². The molecular formula is C9H7NO2. The topological polar surface area (TPSA) is 35.3 Å². The third kappa shape index (κ3) is 1.45. The second kappa shape index (κ2) is 3.09. The highest BCUT2D eigenvalue weighted by atomic mass is 16.5. The molecule has 0 amide bonds. The minimum Gasteiger partial charge on any atom is -0.452 e. The zero-order valence-corrected chi connectivity index (χ0v) is 6.31. The fourth-order valence-electron chi connectivity index (χ4n) is 0.870. The maximum atomic E-state index is 5.36. The van der Waals surface area contributed by atoms with Crippen molar-refractivity contribution in [3.8, 4) is 11.5 Å². The summed E-state index contributed by atoms with van der Waals surface area (Å²) in [5, 5.41) is 3.52. The van der Waals surface area contributed by atoms with Gasteiger partial charge in [-0.1, -0.05) is 23.4 Å². The van der Waals surface area contributed by atoms with E-state index < -0.39 is 0 Å². The van der Waals surface area contributed by atoms with Crippen molar-refractivity contribution in [3.05, 3.63) is 42.8 Å². The molecule has 0 bridgehead atoms. The number of nitrogens with zero attached hydrogens (tertiary/aromatic N) is 1. The second-order valence-corrected chi connectivity index (χ2v) is 2.28. The second-order valence-electron chi connectivity index (χ2n) is 2.28. The number of para-hydroxylation sites is 1. The minimum absolute atomic E-state index is 0.612. The largest absolute Gasteiger partial charge is 0.452 e. The average molecular weight is 161 g/mol. The van der Waals surface area contributed by atoms with Crippen molar-refractivity contribution in [2.45, 2.75) is 0 Å². The van der Waals surface area contributed by atoms with Crippen LogP contribution in [-0.2, 0) is 0 Å². The van der Waals surface area contributed by atoms with Crippen molar-refractivity contribution in [1.82, 2.24) is 5.16 Å². The van der Waals surface area contributed by atoms with Crippen LogP contribution in [0.5, 0.6) is 11.5 Å². The molecule has 0 atom stereocenters. The van der Waals surface area contributed by atoms with Gasteiger partial charge in [0.25, 0.3) is 0 Å². The number of ether oxygens (including phenoxy) is 1. The Morgan fingerprint density at radius 1 is 1.08 bits per heavy atom. The van der Waals surface area contributed by atoms with Crippen LogP contribution in [0.1, 0.15) is 0 Å². The molecular weight excluding hydrogens is 154 g/mol. The summed E-state index contributed by atoms with van der Waals surface area (Å²) in [6, 6.07) is 9.48. The van der Waals surface area contributed by atoms with Gasteiger partial charge in [0.15, 0.2) is 12.0 Å². The molecule has 0 saturated carbocycles. The summed E-state index contributed by atoms with van der Waals surface area (Å²) >= 11 is 0. The van der Waals surface area contributed by atoms with E-state index in [9.17, 15) is 0 Å². The molecule has 2 rings (SSSR count). The lowest BCUT2D eigenvalue weighted by atomic mass is 10.3. The van der Waals surface area contributed by atoms with Gasteiger partial charge in [0, 0.05) is 0 Å². The van der Waals surface area contributed by atoms with Crippen LogP contribution in [0.2, 0.25) is 0 Å². The Balaban J connectivity index is 2.15. The monoisotopic (exact) mass is 161 g/mol. The molecule has 1 aromatic carbocycles. The van der Waals surface area contributed by atoms with Crippen LogP contribution in [0.4, 0.5) is 0 Å². The Labute approximate surface area is 69.6 Å². The van der Waals surface area contributed by atoms with E-state index in [-0.39, 0.29) is 0 Å². The zero-order chi connectivity index (χ0) is 8.23. The zero-order valence-electron chi connectivity index (χ0n) is 6.31. The van der Waals surface area contributed by atoms with E-state index in [2.05, 4.69) is 9.68 Å². The molecule has 0 unspecified atom stereocenters. The Kier molecular flexibility index (Phi) is 1.78. The van der Waals surface area contributed by atoms with Crippen molar-refractivity contribution >= 4 is 0 Å². The van der Waals surface area contributed by atoms with Crippen molar-refractivity contribution in [3.63, 3.8) is 0 Å². The van der Waals surface area contributed by atoms with Gasteiger partial charge in [-0.3, -0.25) is 0 Å². The lowest BCUT2D eigenvalue weighted by Gasteiger charge is -1.99. The van der Waals surface area contributed by atoms with Crippen LogP contribution < -0.4 is 4.74 Å². The smallest absolute Gasteiger partial charge is 0.186 e. The van der Waals surface area contributed by atoms with Crippen molar-refractivity contribution in [1.29, 1.82) is 0 Å². The van der Waals surface area contributed by atoms with E-state index in [4.69, 9.17) is 4.74 Å². The molecule has 2 aromatic rings. The standard InChI is InChI=1S/C9H7NO2/c1-2-4-8(5-3-1)12-9-6-10-11-7-9/h1-7H. The van der Waals surface area contributed by atoms with Gasteiger partial charge in [0.2, 0.25) is 0 Å². The average Bonchev–Trinajstić information content (AvgIpc) is 2.59. The molecule has 0 spiro atoms. The van der Waals surface area contributed by atoms with E-state index >= 15 is 0 Å². The summed E-state index contributed by atoms with van der Waals surface area (Å²) in [6.07, 6.45) is 2.97. The van der Waals surface area contributed by atoms with Crippen LogP contribution in [0, 0.1) is 0 Å². The summed E-state index contributed by atoms with van der Waals surface area (Å²) in [5.41, 5.74) is 0. The lowest BCUT2D eigenvalue weighted by molar-refractivity contribution is 0.410. The highest BCUT2D eigenvalue weighted by molar-refractivity contribution is 5.26. The van der Waals surface area contributed by atoms with Crippen LogP contribution >= 0.6 is 0 Å². The predicted octanol–water partition coefficient (Wildman–Crippen LogP) is 2.47. The molecule has 3 heteroatoms. The van der Waals surface area contributed by atoms with E-state index in [0.717, 1.165) is 5.75 Å². The molecule has 0 aliphatic heterocycles. The van der Waals surface area contributed by atoms with E-state index in [1.807, 2.05) is 30.3 Å². The summed E-state index contributed by atoms with van der Waals surface area (Å²) in [7, 11) is 0. The third-order valence-electron chi connectivity index (χ3n) is 1.39. The molecule has 1 heterocycles. The molecule has 60 valence electrons. The maximum absolute atomic E-state index is 5.36. The quantitative estimate of drug-likeness (QED) is 0.678. The Bertz CT molecular complexity index is 329. The molecule has 3 nitrogen and oxygen atoms in total. The van der Waals surface area contributed by atoms with Gasteiger partial charge in [-0.2, -0.15) is 0 Å². The summed E-state index contributed by atoms with van der Waals surface area (Å²) in [6.45, 7) is 0. The van der Waals surface area contributed by atoms with Gasteiger partial charge in [-0.15, -0.1) is 0 Å². The van der Waals surface area contributed by atoms with Crippen molar-refractivity contribution < 1.29 is 9.26 Å². The van der Waals surface area contributed by atoms with E-state index in [1.54, 1.807) is 0 Å². The molecule has 0 saturated heterocycles. The lowest BCUT2D eigenvalue weighted by Crippen LogP contribution is -1.79. The van der Waals surface area contributed by atoms with E-state index in [1.165, 1.54) is 12.5 Å². The van der Waals surface area contributed by atoms with Gasteiger partial charge in [0.05, 0.1) is 0 Å². The number of rotatable bonds is 2. The Morgan fingerprint density at radius 2 is 1.92 bits per heavy atom. The first-order valence-corrected chi connectivity index (χ1v) is 3.57. The van der Waals surface area contributed by atoms with Gasteiger partial charge in [-0.05, 0) is 12.1 Å². The normalized spacial score (nSPS) is 9.67. The van der Waals surface area contributed by atoms with Gasteiger partial charge in [-0.25, -0.2) is 0 Å². The summed E-state index contributed by atoms with van der Waals surface area (Å²) < 4.78 is 9.97. The first kappa shape index (κ1) is 6.91. The van der Waals surface area contributed by atoms with Gasteiger partial charge >= 0.3 is 0 Å². The highest BCUT2D eigenvalue weighted by Gasteiger charge is 1.96. The maximum Gasteiger partial charge on any atom is 0.186 e. The van der Waals surface area contributed by atoms with E-state index in [0.29, 0.717) is 5.75 Å². The predicted molar refractivity (Wildman–Crippen MR) is 43.0 cm³/mol. The first-order chi connectivity index (χ1) is 5.95. The molecule has 0 N–H and O–H groups in total. The Hall–Kier alpha value is -1.77. The third-order valence-corrected chi connectivity index (χ3v) is 1.39. The minimum atomic E-state index is 0.612.